The molecule has 0 aromatic heterocycles. The van der Waals surface area contributed by atoms with Crippen molar-refractivity contribution in [3.8, 4) is 0 Å². The molecule has 0 radical (unpaired) electrons. The van der Waals surface area contributed by atoms with Gasteiger partial charge in [-0.1, -0.05) is 57.6 Å². The van der Waals surface area contributed by atoms with Crippen LogP contribution in [0.3, 0.4) is 0 Å². The Morgan fingerprint density at radius 3 is 1.79 bits per heavy atom. The Morgan fingerprint density at radius 2 is 1.26 bits per heavy atom. The van der Waals surface area contributed by atoms with Crippen LogP contribution in [0.15, 0.2) is 12.2 Å². The van der Waals surface area contributed by atoms with Crippen molar-refractivity contribution in [2.24, 2.45) is 0 Å². The molecule has 0 rings (SSSR count). The highest BCUT2D eigenvalue weighted by atomic mass is 15.3. The lowest BCUT2D eigenvalue weighted by Gasteiger charge is -2.29. The maximum absolute atomic E-state index is 2.37. The number of hydrogen-bond acceptors (Lipinski definition) is 2. The molecule has 0 N–H and O–H groups in total. The third-order valence-electron chi connectivity index (χ3n) is 3.68. The van der Waals surface area contributed by atoms with Crippen molar-refractivity contribution in [1.29, 1.82) is 0 Å². The largest absolute Gasteiger partial charge is 0.294 e. The first kappa shape index (κ1) is 18.7. The lowest BCUT2D eigenvalue weighted by atomic mass is 10.1. The van der Waals surface area contributed by atoms with Crippen molar-refractivity contribution in [2.45, 2.75) is 70.9 Å². The molecule has 19 heavy (non-hydrogen) atoms. The summed E-state index contributed by atoms with van der Waals surface area (Å²) >= 11 is 0. The molecule has 0 heterocycles. The van der Waals surface area contributed by atoms with Gasteiger partial charge in [0.1, 0.15) is 0 Å². The smallest absolute Gasteiger partial charge is 0.0647 e. The van der Waals surface area contributed by atoms with Gasteiger partial charge in [-0.25, -0.2) is 0 Å². The first-order valence-electron chi connectivity index (χ1n) is 8.07. The number of hydrogen-bond donors (Lipinski definition) is 0. The van der Waals surface area contributed by atoms with Crippen LogP contribution >= 0.6 is 0 Å². The molecule has 0 aromatic rings. The summed E-state index contributed by atoms with van der Waals surface area (Å²) in [5.41, 5.74) is 0. The molecule has 0 atom stereocenters. The number of unbranched alkanes of at least 4 members (excludes halogenated alkanes) is 7. The summed E-state index contributed by atoms with van der Waals surface area (Å²) in [6, 6.07) is 0. The molecule has 0 bridgehead atoms. The summed E-state index contributed by atoms with van der Waals surface area (Å²) < 4.78 is 0. The normalized spacial score (nSPS) is 12.4. The van der Waals surface area contributed by atoms with Crippen molar-refractivity contribution in [3.05, 3.63) is 12.2 Å². The predicted octanol–water partition coefficient (Wildman–Crippen LogP) is 4.52. The van der Waals surface area contributed by atoms with Gasteiger partial charge in [0, 0.05) is 0 Å². The van der Waals surface area contributed by atoms with Gasteiger partial charge >= 0.3 is 0 Å². The molecule has 0 unspecified atom stereocenters. The molecule has 0 saturated carbocycles. The van der Waals surface area contributed by atoms with E-state index in [1.54, 1.807) is 0 Å². The maximum Gasteiger partial charge on any atom is 0.0647 e. The minimum Gasteiger partial charge on any atom is -0.294 e. The van der Waals surface area contributed by atoms with E-state index >= 15 is 0 Å². The predicted molar refractivity (Wildman–Crippen MR) is 87.5 cm³/mol. The van der Waals surface area contributed by atoms with Crippen LogP contribution in [-0.2, 0) is 0 Å². The van der Waals surface area contributed by atoms with Gasteiger partial charge < -0.3 is 0 Å². The van der Waals surface area contributed by atoms with Gasteiger partial charge in [-0.05, 0) is 47.5 Å². The summed E-state index contributed by atoms with van der Waals surface area (Å²) in [7, 11) is 8.59. The van der Waals surface area contributed by atoms with Crippen LogP contribution in [0.4, 0.5) is 0 Å². The van der Waals surface area contributed by atoms with E-state index < -0.39 is 0 Å². The van der Waals surface area contributed by atoms with E-state index in [1.165, 1.54) is 51.4 Å². The second-order valence-electron chi connectivity index (χ2n) is 6.02. The third-order valence-corrected chi connectivity index (χ3v) is 3.68. The van der Waals surface area contributed by atoms with E-state index in [1.807, 2.05) is 0 Å². The first-order chi connectivity index (χ1) is 9.09. The quantitative estimate of drug-likeness (QED) is 0.292. The van der Waals surface area contributed by atoms with Gasteiger partial charge in [-0.3, -0.25) is 9.80 Å². The zero-order chi connectivity index (χ0) is 14.5. The monoisotopic (exact) mass is 268 g/mol. The zero-order valence-electron chi connectivity index (χ0n) is 14.0. The highest BCUT2D eigenvalue weighted by Crippen LogP contribution is 2.09. The molecule has 0 spiro atoms. The lowest BCUT2D eigenvalue weighted by molar-refractivity contribution is 0.132. The summed E-state index contributed by atoms with van der Waals surface area (Å²) in [5.74, 6) is 0. The van der Waals surface area contributed by atoms with Gasteiger partial charge in [-0.2, -0.15) is 0 Å². The molecule has 0 amide bonds. The molecule has 0 aliphatic carbocycles. The Hall–Kier alpha value is -0.340. The molecular weight excluding hydrogens is 232 g/mol. The van der Waals surface area contributed by atoms with Gasteiger partial charge in [0.15, 0.2) is 0 Å². The van der Waals surface area contributed by atoms with Gasteiger partial charge in [-0.15, -0.1) is 0 Å². The Bertz CT molecular complexity index is 201. The van der Waals surface area contributed by atoms with E-state index in [9.17, 15) is 0 Å². The van der Waals surface area contributed by atoms with Crippen molar-refractivity contribution in [1.82, 2.24) is 9.80 Å². The summed E-state index contributed by atoms with van der Waals surface area (Å²) in [4.78, 5) is 4.55. The summed E-state index contributed by atoms with van der Waals surface area (Å²) in [5, 5.41) is 0. The van der Waals surface area contributed by atoms with Crippen LogP contribution < -0.4 is 0 Å². The topological polar surface area (TPSA) is 6.48 Å². The molecule has 2 heteroatoms. The van der Waals surface area contributed by atoms with Gasteiger partial charge in [0.05, 0.1) is 6.17 Å². The highest BCUT2D eigenvalue weighted by molar-refractivity contribution is 4.85. The van der Waals surface area contributed by atoms with E-state index in [2.05, 4.69) is 57.1 Å². The molecule has 0 aliphatic heterocycles. The van der Waals surface area contributed by atoms with Crippen LogP contribution in [-0.4, -0.2) is 44.2 Å². The average molecular weight is 268 g/mol. The van der Waals surface area contributed by atoms with Crippen LogP contribution in [0.5, 0.6) is 0 Å². The third kappa shape index (κ3) is 11.2. The standard InChI is InChI=1S/C17H36N2/c1-6-7-8-9-10-11-12-13-14-15-16-17(18(2)3)19(4)5/h14-15,17H,6-13,16H2,1-5H3. The molecule has 0 aromatic carbocycles. The highest BCUT2D eigenvalue weighted by Gasteiger charge is 2.10. The van der Waals surface area contributed by atoms with Crippen LogP contribution in [0, 0.1) is 0 Å². The van der Waals surface area contributed by atoms with E-state index in [0.29, 0.717) is 6.17 Å². The minimum atomic E-state index is 0.519. The van der Waals surface area contributed by atoms with Crippen LogP contribution in [0.1, 0.15) is 64.7 Å². The van der Waals surface area contributed by atoms with Gasteiger partial charge in [0.2, 0.25) is 0 Å². The average Bonchev–Trinajstić information content (AvgIpc) is 2.35. The van der Waals surface area contributed by atoms with E-state index in [-0.39, 0.29) is 0 Å². The second-order valence-corrected chi connectivity index (χ2v) is 6.02. The fourth-order valence-corrected chi connectivity index (χ4v) is 2.44. The molecule has 114 valence electrons. The minimum absolute atomic E-state index is 0.519. The molecular formula is C17H36N2. The van der Waals surface area contributed by atoms with E-state index in [0.717, 1.165) is 6.42 Å². The zero-order valence-corrected chi connectivity index (χ0v) is 14.0. The van der Waals surface area contributed by atoms with Crippen molar-refractivity contribution in [2.75, 3.05) is 28.2 Å². The lowest BCUT2D eigenvalue weighted by Crippen LogP contribution is -2.39. The van der Waals surface area contributed by atoms with E-state index in [4.69, 9.17) is 0 Å². The van der Waals surface area contributed by atoms with Crippen LogP contribution in [0.25, 0.3) is 0 Å². The van der Waals surface area contributed by atoms with Gasteiger partial charge in [0.25, 0.3) is 0 Å². The number of nitrogens with zero attached hydrogens (tertiary/aromatic N) is 2. The molecule has 0 fully saturated rings. The summed E-state index contributed by atoms with van der Waals surface area (Å²) in [6.07, 6.45) is 17.4. The Balaban J connectivity index is 3.47. The molecule has 0 saturated heterocycles. The first-order valence-corrected chi connectivity index (χ1v) is 8.07. The van der Waals surface area contributed by atoms with Crippen molar-refractivity contribution in [3.63, 3.8) is 0 Å². The Morgan fingerprint density at radius 1 is 0.737 bits per heavy atom. The number of allylic oxidation sites excluding steroid dienone is 1. The van der Waals surface area contributed by atoms with Crippen molar-refractivity contribution < 1.29 is 0 Å². The number of rotatable bonds is 12. The maximum atomic E-state index is 2.37. The molecule has 0 aliphatic rings. The summed E-state index contributed by atoms with van der Waals surface area (Å²) in [6.45, 7) is 2.28. The van der Waals surface area contributed by atoms with Crippen molar-refractivity contribution >= 4 is 0 Å². The molecule has 2 nitrogen and oxygen atoms in total. The fraction of sp³-hybridized carbons (Fsp3) is 0.882. The SMILES string of the molecule is CCCCCCCCCC=CCC(N(C)C)N(C)C. The van der Waals surface area contributed by atoms with Crippen LogP contribution in [0.2, 0.25) is 0 Å². The Labute approximate surface area is 121 Å². The second kappa shape index (κ2) is 12.7. The fourth-order valence-electron chi connectivity index (χ4n) is 2.44. The Kier molecular flexibility index (Phi) is 12.5.